The summed E-state index contributed by atoms with van der Waals surface area (Å²) in [6, 6.07) is 9.11. The number of pyridine rings is 2. The van der Waals surface area contributed by atoms with Crippen molar-refractivity contribution in [2.75, 3.05) is 26.2 Å². The molecule has 4 heterocycles. The number of alkyl halides is 3. The molecule has 4 aromatic rings. The fourth-order valence-electron chi connectivity index (χ4n) is 4.94. The fourth-order valence-corrected chi connectivity index (χ4v) is 5.94. The number of piperazine rings is 1. The molecule has 7 nitrogen and oxygen atoms in total. The summed E-state index contributed by atoms with van der Waals surface area (Å²) in [4.78, 5) is 38.3. The number of nitrogens with one attached hydrogen (secondary N) is 1. The number of nitrogens with zero attached hydrogens (tertiary/aromatic N) is 4. The summed E-state index contributed by atoms with van der Waals surface area (Å²) >= 11 is 7.59. The summed E-state index contributed by atoms with van der Waals surface area (Å²) in [5.74, 6) is -0.215. The molecule has 0 bridgehead atoms. The van der Waals surface area contributed by atoms with E-state index >= 15 is 0 Å². The Bertz CT molecular complexity index is 1750. The number of amides is 1. The third-order valence-electron chi connectivity index (χ3n) is 7.05. The Kier molecular flexibility index (Phi) is 8.86. The molecule has 43 heavy (non-hydrogen) atoms. The molecule has 1 N–H and O–H groups in total. The van der Waals surface area contributed by atoms with Gasteiger partial charge in [-0.1, -0.05) is 30.2 Å². The van der Waals surface area contributed by atoms with E-state index in [1.165, 1.54) is 10.6 Å². The highest BCUT2D eigenvalue weighted by atomic mass is 35.5. The van der Waals surface area contributed by atoms with Crippen molar-refractivity contribution in [1.29, 1.82) is 0 Å². The fraction of sp³-hybridized carbons (Fsp3) is 0.290. The molecule has 0 radical (unpaired) electrons. The Morgan fingerprint density at radius 2 is 1.88 bits per heavy atom. The van der Waals surface area contributed by atoms with Crippen LogP contribution in [0.3, 0.4) is 0 Å². The Balaban J connectivity index is 1.74. The zero-order chi connectivity index (χ0) is 30.9. The molecular weight excluding hydrogens is 599 g/mol. The minimum Gasteiger partial charge on any atom is -0.336 e. The monoisotopic (exact) mass is 627 g/mol. The van der Waals surface area contributed by atoms with Gasteiger partial charge < -0.3 is 10.2 Å². The maximum atomic E-state index is 14.4. The number of thiazole rings is 1. The van der Waals surface area contributed by atoms with Crippen LogP contribution < -0.4 is 10.9 Å². The highest BCUT2D eigenvalue weighted by molar-refractivity contribution is 7.13. The van der Waals surface area contributed by atoms with E-state index in [2.05, 4.69) is 15.3 Å². The van der Waals surface area contributed by atoms with E-state index in [0.29, 0.717) is 70.8 Å². The molecule has 0 aliphatic carbocycles. The first-order chi connectivity index (χ1) is 20.5. The predicted molar refractivity (Wildman–Crippen MR) is 164 cm³/mol. The van der Waals surface area contributed by atoms with Crippen LogP contribution >= 0.6 is 22.9 Å². The van der Waals surface area contributed by atoms with Crippen LogP contribution in [0.4, 0.5) is 13.2 Å². The lowest BCUT2D eigenvalue weighted by molar-refractivity contribution is -0.141. The summed E-state index contributed by atoms with van der Waals surface area (Å²) in [6.07, 6.45) is -1.02. The number of benzene rings is 1. The number of carbonyl (C=O) groups is 1. The summed E-state index contributed by atoms with van der Waals surface area (Å²) in [6.45, 7) is 8.10. The molecule has 0 unspecified atom stereocenters. The average molecular weight is 628 g/mol. The van der Waals surface area contributed by atoms with Gasteiger partial charge in [-0.2, -0.15) is 13.2 Å². The zero-order valence-electron chi connectivity index (χ0n) is 23.8. The molecule has 12 heteroatoms. The maximum Gasteiger partial charge on any atom is 0.433 e. The van der Waals surface area contributed by atoms with E-state index in [0.717, 1.165) is 34.7 Å². The van der Waals surface area contributed by atoms with Gasteiger partial charge in [-0.3, -0.25) is 19.1 Å². The quantitative estimate of drug-likeness (QED) is 0.257. The SMILES string of the molecule is CCc1ccc(Cl)cc1-n1c(C=C(C)C)c(C(=O)N2CCNCC2)cc(-c2nc(-c3ccc(C(F)(F)F)nc3)cs2)c1=O. The van der Waals surface area contributed by atoms with Gasteiger partial charge in [-0.05, 0) is 62.2 Å². The summed E-state index contributed by atoms with van der Waals surface area (Å²) in [5.41, 5.74) is 2.64. The van der Waals surface area contributed by atoms with E-state index in [1.807, 2.05) is 32.9 Å². The molecule has 3 aromatic heterocycles. The van der Waals surface area contributed by atoms with Crippen LogP contribution in [0.25, 0.3) is 33.6 Å². The van der Waals surface area contributed by atoms with Crippen LogP contribution in [-0.4, -0.2) is 51.5 Å². The number of carbonyl (C=O) groups excluding carboxylic acids is 1. The summed E-state index contributed by atoms with van der Waals surface area (Å²) in [7, 11) is 0. The van der Waals surface area contributed by atoms with Crippen LogP contribution in [0.1, 0.15) is 48.1 Å². The first-order valence-electron chi connectivity index (χ1n) is 13.7. The lowest BCUT2D eigenvalue weighted by Crippen LogP contribution is -2.47. The van der Waals surface area contributed by atoms with Crippen molar-refractivity contribution >= 4 is 34.9 Å². The van der Waals surface area contributed by atoms with Crippen molar-refractivity contribution in [3.63, 3.8) is 0 Å². The number of allylic oxidation sites excluding steroid dienone is 1. The largest absolute Gasteiger partial charge is 0.433 e. The predicted octanol–water partition coefficient (Wildman–Crippen LogP) is 6.73. The molecule has 1 aliphatic heterocycles. The number of aromatic nitrogens is 3. The minimum absolute atomic E-state index is 0.197. The van der Waals surface area contributed by atoms with Gasteiger partial charge in [-0.25, -0.2) is 4.98 Å². The molecule has 1 fully saturated rings. The normalized spacial score (nSPS) is 13.7. The molecule has 224 valence electrons. The van der Waals surface area contributed by atoms with Crippen molar-refractivity contribution in [1.82, 2.24) is 24.8 Å². The van der Waals surface area contributed by atoms with E-state index in [1.54, 1.807) is 28.5 Å². The lowest BCUT2D eigenvalue weighted by Gasteiger charge is -2.29. The Morgan fingerprint density at radius 3 is 2.51 bits per heavy atom. The second-order valence-corrected chi connectivity index (χ2v) is 11.7. The number of hydrogen-bond donors (Lipinski definition) is 1. The average Bonchev–Trinajstić information content (AvgIpc) is 3.47. The number of aryl methyl sites for hydroxylation is 1. The van der Waals surface area contributed by atoms with Gasteiger partial charge in [0.05, 0.1) is 28.2 Å². The standard InChI is InChI=1S/C31H29ClF3N5O2S/c1-4-19-5-7-21(32)14-25(19)40-26(13-18(2)3)22(29(41)39-11-9-36-10-12-39)15-23(30(40)42)28-38-24(17-43-28)20-6-8-27(37-16-20)31(33,34)35/h5-8,13-17,36H,4,9-12H2,1-3H3. The van der Waals surface area contributed by atoms with Crippen molar-refractivity contribution in [3.05, 3.63) is 91.4 Å². The third kappa shape index (κ3) is 6.43. The van der Waals surface area contributed by atoms with Crippen LogP contribution in [-0.2, 0) is 12.6 Å². The Morgan fingerprint density at radius 1 is 1.14 bits per heavy atom. The maximum absolute atomic E-state index is 14.4. The van der Waals surface area contributed by atoms with Crippen LogP contribution in [0.2, 0.25) is 5.02 Å². The molecule has 1 amide bonds. The van der Waals surface area contributed by atoms with Gasteiger partial charge in [0.15, 0.2) is 0 Å². The highest BCUT2D eigenvalue weighted by Crippen LogP contribution is 2.33. The molecule has 0 atom stereocenters. The minimum atomic E-state index is -4.56. The zero-order valence-corrected chi connectivity index (χ0v) is 25.3. The van der Waals surface area contributed by atoms with E-state index in [9.17, 15) is 22.8 Å². The number of halogens is 4. The van der Waals surface area contributed by atoms with Gasteiger partial charge in [0.2, 0.25) is 0 Å². The Hall–Kier alpha value is -3.80. The summed E-state index contributed by atoms with van der Waals surface area (Å²) in [5, 5.41) is 5.67. The number of hydrogen-bond acceptors (Lipinski definition) is 6. The first kappa shape index (κ1) is 30.7. The second-order valence-electron chi connectivity index (χ2n) is 10.4. The van der Waals surface area contributed by atoms with Gasteiger partial charge >= 0.3 is 6.18 Å². The smallest absolute Gasteiger partial charge is 0.336 e. The van der Waals surface area contributed by atoms with Crippen LogP contribution in [0, 0.1) is 0 Å². The van der Waals surface area contributed by atoms with Crippen molar-refractivity contribution in [2.45, 2.75) is 33.4 Å². The highest BCUT2D eigenvalue weighted by Gasteiger charge is 2.32. The molecule has 0 spiro atoms. The third-order valence-corrected chi connectivity index (χ3v) is 8.16. The molecule has 1 aromatic carbocycles. The van der Waals surface area contributed by atoms with E-state index in [-0.39, 0.29) is 11.5 Å². The molecule has 0 saturated carbocycles. The van der Waals surface area contributed by atoms with Crippen molar-refractivity contribution in [3.8, 4) is 27.5 Å². The van der Waals surface area contributed by atoms with Crippen LogP contribution in [0.15, 0.2) is 58.3 Å². The topological polar surface area (TPSA) is 80.1 Å². The lowest BCUT2D eigenvalue weighted by atomic mass is 10.0. The second kappa shape index (κ2) is 12.4. The van der Waals surface area contributed by atoms with Gasteiger partial charge in [0.1, 0.15) is 10.7 Å². The van der Waals surface area contributed by atoms with Crippen LogP contribution in [0.5, 0.6) is 0 Å². The molecule has 5 rings (SSSR count). The van der Waals surface area contributed by atoms with Crippen molar-refractivity contribution < 1.29 is 18.0 Å². The van der Waals surface area contributed by atoms with Gasteiger partial charge in [-0.15, -0.1) is 11.3 Å². The van der Waals surface area contributed by atoms with E-state index in [4.69, 9.17) is 11.6 Å². The molecular formula is C31H29ClF3N5O2S. The van der Waals surface area contributed by atoms with Crippen molar-refractivity contribution in [2.24, 2.45) is 0 Å². The summed E-state index contributed by atoms with van der Waals surface area (Å²) < 4.78 is 40.6. The van der Waals surface area contributed by atoms with Gasteiger partial charge in [0, 0.05) is 48.3 Å². The van der Waals surface area contributed by atoms with Gasteiger partial charge in [0.25, 0.3) is 11.5 Å². The first-order valence-corrected chi connectivity index (χ1v) is 15.0. The molecule has 1 saturated heterocycles. The Labute approximate surface area is 255 Å². The number of rotatable bonds is 6. The molecule has 1 aliphatic rings. The van der Waals surface area contributed by atoms with E-state index < -0.39 is 17.4 Å².